The third-order valence-electron chi connectivity index (χ3n) is 4.48. The number of hydrogen-bond donors (Lipinski definition) is 1. The zero-order valence-corrected chi connectivity index (χ0v) is 17.1. The van der Waals surface area contributed by atoms with Crippen molar-refractivity contribution in [2.75, 3.05) is 10.2 Å². The van der Waals surface area contributed by atoms with Crippen molar-refractivity contribution in [3.05, 3.63) is 100 Å². The first-order valence-electron chi connectivity index (χ1n) is 8.99. The van der Waals surface area contributed by atoms with Gasteiger partial charge < -0.3 is 5.32 Å². The molecule has 2 amide bonds. The molecule has 0 radical (unpaired) electrons. The van der Waals surface area contributed by atoms with Gasteiger partial charge in [-0.2, -0.15) is 0 Å². The number of para-hydroxylation sites is 1. The summed E-state index contributed by atoms with van der Waals surface area (Å²) in [5.74, 6) is -0.777. The number of benzene rings is 3. The molecule has 144 valence electrons. The number of rotatable bonds is 5. The van der Waals surface area contributed by atoms with Crippen LogP contribution < -0.4 is 10.2 Å². The summed E-state index contributed by atoms with van der Waals surface area (Å²) in [6.07, 6.45) is 0. The standard InChI is InChI=1S/C23H17ClN2O2S/c1-15-8-5-6-13-19(15)25-20-21(29-18-11-3-2-4-12-18)23(28)26(22(20)27)17-10-7-9-16(24)14-17/h2-14,25H,1H3. The van der Waals surface area contributed by atoms with Crippen molar-refractivity contribution < 1.29 is 9.59 Å². The minimum absolute atomic E-state index is 0.262. The first-order valence-corrected chi connectivity index (χ1v) is 10.2. The Morgan fingerprint density at radius 2 is 1.59 bits per heavy atom. The van der Waals surface area contributed by atoms with E-state index >= 15 is 0 Å². The second-order valence-electron chi connectivity index (χ2n) is 6.48. The highest BCUT2D eigenvalue weighted by atomic mass is 35.5. The molecule has 4 rings (SSSR count). The third kappa shape index (κ3) is 3.92. The largest absolute Gasteiger partial charge is 0.350 e. The van der Waals surface area contributed by atoms with Gasteiger partial charge >= 0.3 is 0 Å². The summed E-state index contributed by atoms with van der Waals surface area (Å²) in [4.78, 5) is 28.9. The summed E-state index contributed by atoms with van der Waals surface area (Å²) in [5, 5.41) is 3.65. The average molecular weight is 421 g/mol. The van der Waals surface area contributed by atoms with Gasteiger partial charge in [0.25, 0.3) is 11.8 Å². The molecule has 1 heterocycles. The monoisotopic (exact) mass is 420 g/mol. The van der Waals surface area contributed by atoms with Crippen LogP contribution in [0.5, 0.6) is 0 Å². The molecule has 0 bridgehead atoms. The molecule has 3 aromatic rings. The number of anilines is 2. The van der Waals surface area contributed by atoms with E-state index in [1.54, 1.807) is 24.3 Å². The van der Waals surface area contributed by atoms with E-state index in [-0.39, 0.29) is 11.6 Å². The predicted octanol–water partition coefficient (Wildman–Crippen LogP) is 5.64. The molecule has 0 saturated carbocycles. The van der Waals surface area contributed by atoms with Gasteiger partial charge in [0.1, 0.15) is 10.6 Å². The number of aryl methyl sites for hydroxylation is 1. The fraction of sp³-hybridized carbons (Fsp3) is 0.0435. The van der Waals surface area contributed by atoms with Crippen LogP contribution in [0.25, 0.3) is 0 Å². The van der Waals surface area contributed by atoms with Crippen LogP contribution in [-0.2, 0) is 9.59 Å². The number of imide groups is 1. The van der Waals surface area contributed by atoms with Gasteiger partial charge in [-0.25, -0.2) is 4.90 Å². The zero-order chi connectivity index (χ0) is 20.4. The molecule has 3 aromatic carbocycles. The van der Waals surface area contributed by atoms with Crippen molar-refractivity contribution >= 4 is 46.6 Å². The lowest BCUT2D eigenvalue weighted by Gasteiger charge is -2.15. The Morgan fingerprint density at radius 3 is 2.31 bits per heavy atom. The summed E-state index contributed by atoms with van der Waals surface area (Å²) in [7, 11) is 0. The van der Waals surface area contributed by atoms with E-state index in [4.69, 9.17) is 11.6 Å². The van der Waals surface area contributed by atoms with Gasteiger partial charge in [0.2, 0.25) is 0 Å². The molecular weight excluding hydrogens is 404 g/mol. The molecule has 0 saturated heterocycles. The summed E-state index contributed by atoms with van der Waals surface area (Å²) in [6, 6.07) is 23.9. The van der Waals surface area contributed by atoms with Gasteiger partial charge in [-0.05, 0) is 48.9 Å². The Morgan fingerprint density at radius 1 is 0.862 bits per heavy atom. The minimum Gasteiger partial charge on any atom is -0.350 e. The maximum Gasteiger partial charge on any atom is 0.283 e. The number of nitrogens with zero attached hydrogens (tertiary/aromatic N) is 1. The smallest absolute Gasteiger partial charge is 0.283 e. The first-order chi connectivity index (χ1) is 14.0. The van der Waals surface area contributed by atoms with Crippen LogP contribution in [0.4, 0.5) is 11.4 Å². The molecule has 6 heteroatoms. The molecule has 1 aliphatic heterocycles. The molecule has 0 spiro atoms. The number of thioether (sulfide) groups is 1. The zero-order valence-electron chi connectivity index (χ0n) is 15.6. The molecule has 0 unspecified atom stereocenters. The number of nitrogens with one attached hydrogen (secondary N) is 1. The number of hydrogen-bond acceptors (Lipinski definition) is 4. The van der Waals surface area contributed by atoms with Crippen molar-refractivity contribution in [1.29, 1.82) is 0 Å². The number of carbonyl (C=O) groups is 2. The van der Waals surface area contributed by atoms with Gasteiger partial charge in [0.05, 0.1) is 5.69 Å². The summed E-state index contributed by atoms with van der Waals surface area (Å²) in [5.41, 5.74) is 2.46. The average Bonchev–Trinajstić information content (AvgIpc) is 2.94. The predicted molar refractivity (Wildman–Crippen MR) is 118 cm³/mol. The van der Waals surface area contributed by atoms with Crippen molar-refractivity contribution in [2.24, 2.45) is 0 Å². The Balaban J connectivity index is 1.77. The van der Waals surface area contributed by atoms with E-state index in [9.17, 15) is 9.59 Å². The van der Waals surface area contributed by atoms with E-state index in [0.717, 1.165) is 21.0 Å². The maximum absolute atomic E-state index is 13.3. The van der Waals surface area contributed by atoms with Crippen LogP contribution >= 0.6 is 23.4 Å². The Bertz CT molecular complexity index is 1130. The molecule has 4 nitrogen and oxygen atoms in total. The van der Waals surface area contributed by atoms with Crippen molar-refractivity contribution in [3.8, 4) is 0 Å². The fourth-order valence-corrected chi connectivity index (χ4v) is 4.15. The quantitative estimate of drug-likeness (QED) is 0.543. The maximum atomic E-state index is 13.3. The SMILES string of the molecule is Cc1ccccc1NC1=C(Sc2ccccc2)C(=O)N(c2cccc(Cl)c2)C1=O. The highest BCUT2D eigenvalue weighted by Gasteiger charge is 2.40. The number of halogens is 1. The molecule has 0 fully saturated rings. The summed E-state index contributed by atoms with van der Waals surface area (Å²) >= 11 is 7.36. The second-order valence-corrected chi connectivity index (χ2v) is 8.00. The lowest BCUT2D eigenvalue weighted by molar-refractivity contribution is -0.120. The second kappa shape index (κ2) is 8.15. The van der Waals surface area contributed by atoms with E-state index < -0.39 is 5.91 Å². The first kappa shape index (κ1) is 19.3. The molecule has 0 aromatic heterocycles. The fourth-order valence-electron chi connectivity index (χ4n) is 3.02. The van der Waals surface area contributed by atoms with Crippen LogP contribution in [0, 0.1) is 6.92 Å². The van der Waals surface area contributed by atoms with Crippen molar-refractivity contribution in [3.63, 3.8) is 0 Å². The molecular formula is C23H17ClN2O2S. The van der Waals surface area contributed by atoms with Gasteiger partial charge in [-0.15, -0.1) is 0 Å². The molecule has 1 N–H and O–H groups in total. The van der Waals surface area contributed by atoms with Gasteiger partial charge in [-0.3, -0.25) is 9.59 Å². The Labute approximate surface area is 178 Å². The lowest BCUT2D eigenvalue weighted by Crippen LogP contribution is -2.32. The highest BCUT2D eigenvalue weighted by Crippen LogP contribution is 2.38. The lowest BCUT2D eigenvalue weighted by atomic mass is 10.2. The van der Waals surface area contributed by atoms with Crippen molar-refractivity contribution in [2.45, 2.75) is 11.8 Å². The molecule has 1 aliphatic rings. The highest BCUT2D eigenvalue weighted by molar-refractivity contribution is 8.04. The molecule has 0 atom stereocenters. The van der Waals surface area contributed by atoms with E-state index in [1.807, 2.05) is 61.5 Å². The van der Waals surface area contributed by atoms with Crippen molar-refractivity contribution in [1.82, 2.24) is 0 Å². The van der Waals surface area contributed by atoms with Crippen LogP contribution in [-0.4, -0.2) is 11.8 Å². The van der Waals surface area contributed by atoms with Gasteiger partial charge in [0, 0.05) is 15.6 Å². The van der Waals surface area contributed by atoms with Crippen LogP contribution in [0.15, 0.2) is 94.4 Å². The van der Waals surface area contributed by atoms with E-state index in [0.29, 0.717) is 15.6 Å². The van der Waals surface area contributed by atoms with Gasteiger partial charge in [-0.1, -0.05) is 65.8 Å². The topological polar surface area (TPSA) is 49.4 Å². The van der Waals surface area contributed by atoms with Crippen LogP contribution in [0.2, 0.25) is 5.02 Å². The number of carbonyl (C=O) groups excluding carboxylic acids is 2. The van der Waals surface area contributed by atoms with Crippen LogP contribution in [0.3, 0.4) is 0 Å². The number of amides is 2. The summed E-state index contributed by atoms with van der Waals surface area (Å²) < 4.78 is 0. The Hall–Kier alpha value is -3.02. The molecule has 29 heavy (non-hydrogen) atoms. The third-order valence-corrected chi connectivity index (χ3v) is 5.80. The Kier molecular flexibility index (Phi) is 5.43. The minimum atomic E-state index is -0.404. The summed E-state index contributed by atoms with van der Waals surface area (Å²) in [6.45, 7) is 1.95. The molecule has 0 aliphatic carbocycles. The van der Waals surface area contributed by atoms with Crippen LogP contribution in [0.1, 0.15) is 5.56 Å². The van der Waals surface area contributed by atoms with Gasteiger partial charge in [0.15, 0.2) is 0 Å². The van der Waals surface area contributed by atoms with E-state index in [2.05, 4.69) is 5.32 Å². The van der Waals surface area contributed by atoms with E-state index in [1.165, 1.54) is 11.8 Å². The normalized spacial score (nSPS) is 13.9.